The van der Waals surface area contributed by atoms with Crippen LogP contribution in [0.4, 0.5) is 0 Å². The van der Waals surface area contributed by atoms with Crippen LogP contribution in [0.5, 0.6) is 0 Å². The van der Waals surface area contributed by atoms with Crippen LogP contribution in [0.15, 0.2) is 59.8 Å². The summed E-state index contributed by atoms with van der Waals surface area (Å²) in [6, 6.07) is 0. The van der Waals surface area contributed by atoms with Crippen molar-refractivity contribution < 1.29 is 5.11 Å². The zero-order chi connectivity index (χ0) is 11.5. The van der Waals surface area contributed by atoms with Crippen molar-refractivity contribution in [1.82, 2.24) is 0 Å². The molecule has 1 N–H and O–H groups in total. The molecule has 1 heteroatoms. The van der Waals surface area contributed by atoms with E-state index in [-0.39, 0.29) is 5.92 Å². The molecule has 0 aromatic carbocycles. The first-order chi connectivity index (χ1) is 7.68. The molecule has 0 aromatic rings. The van der Waals surface area contributed by atoms with Gasteiger partial charge in [0.1, 0.15) is 0 Å². The van der Waals surface area contributed by atoms with Gasteiger partial charge in [0, 0.05) is 5.92 Å². The quantitative estimate of drug-likeness (QED) is 0.747. The standard InChI is InChI=1S/C15H18O/c1-11-8-9-14(15(16)10-11)12(2)13-6-4-3-5-7-13/h4,6-10,14-16H,2-3,5H2,1H3. The zero-order valence-corrected chi connectivity index (χ0v) is 9.69. The van der Waals surface area contributed by atoms with Crippen LogP contribution in [0, 0.1) is 5.92 Å². The fourth-order valence-electron chi connectivity index (χ4n) is 2.16. The van der Waals surface area contributed by atoms with Crippen molar-refractivity contribution >= 4 is 0 Å². The van der Waals surface area contributed by atoms with E-state index >= 15 is 0 Å². The highest BCUT2D eigenvalue weighted by molar-refractivity contribution is 5.45. The Morgan fingerprint density at radius 1 is 1.38 bits per heavy atom. The molecule has 0 aromatic heterocycles. The summed E-state index contributed by atoms with van der Waals surface area (Å²) in [5.74, 6) is 0.0256. The summed E-state index contributed by atoms with van der Waals surface area (Å²) in [6.45, 7) is 6.12. The second-order valence-electron chi connectivity index (χ2n) is 4.45. The lowest BCUT2D eigenvalue weighted by molar-refractivity contribution is 0.191. The van der Waals surface area contributed by atoms with Gasteiger partial charge in [-0.3, -0.25) is 0 Å². The maximum Gasteiger partial charge on any atom is 0.0829 e. The molecule has 0 radical (unpaired) electrons. The van der Waals surface area contributed by atoms with Crippen LogP contribution in [-0.4, -0.2) is 11.2 Å². The van der Waals surface area contributed by atoms with E-state index in [0.29, 0.717) is 0 Å². The number of rotatable bonds is 2. The Kier molecular flexibility index (Phi) is 3.25. The lowest BCUT2D eigenvalue weighted by Crippen LogP contribution is -2.21. The molecular weight excluding hydrogens is 196 g/mol. The van der Waals surface area contributed by atoms with Crippen molar-refractivity contribution in [2.75, 3.05) is 0 Å². The van der Waals surface area contributed by atoms with Gasteiger partial charge >= 0.3 is 0 Å². The van der Waals surface area contributed by atoms with Crippen molar-refractivity contribution in [3.05, 3.63) is 59.8 Å². The summed E-state index contributed by atoms with van der Waals surface area (Å²) >= 11 is 0. The zero-order valence-electron chi connectivity index (χ0n) is 9.69. The number of hydrogen-bond acceptors (Lipinski definition) is 1. The van der Waals surface area contributed by atoms with Crippen molar-refractivity contribution in [2.24, 2.45) is 5.92 Å². The molecule has 0 amide bonds. The molecule has 2 unspecified atom stereocenters. The van der Waals surface area contributed by atoms with Crippen LogP contribution in [0.2, 0.25) is 0 Å². The van der Waals surface area contributed by atoms with Crippen LogP contribution >= 0.6 is 0 Å². The third kappa shape index (κ3) is 2.25. The molecule has 2 rings (SSSR count). The predicted octanol–water partition coefficient (Wildman–Crippen LogP) is 3.31. The maximum absolute atomic E-state index is 10.0. The molecule has 0 heterocycles. The summed E-state index contributed by atoms with van der Waals surface area (Å²) in [5.41, 5.74) is 3.31. The van der Waals surface area contributed by atoms with Gasteiger partial charge in [-0.05, 0) is 30.9 Å². The van der Waals surface area contributed by atoms with E-state index in [0.717, 1.165) is 24.0 Å². The van der Waals surface area contributed by atoms with Gasteiger partial charge < -0.3 is 5.11 Å². The van der Waals surface area contributed by atoms with Gasteiger partial charge in [-0.2, -0.15) is 0 Å². The van der Waals surface area contributed by atoms with Crippen LogP contribution in [0.25, 0.3) is 0 Å². The first-order valence-corrected chi connectivity index (χ1v) is 5.79. The minimum atomic E-state index is -0.436. The minimum absolute atomic E-state index is 0.0256. The Bertz CT molecular complexity index is 407. The van der Waals surface area contributed by atoms with Gasteiger partial charge in [-0.25, -0.2) is 0 Å². The average molecular weight is 214 g/mol. The highest BCUT2D eigenvalue weighted by atomic mass is 16.3. The SMILES string of the molecule is C=C(C1=CCCC=C1)C1C=CC(C)=CC1O. The van der Waals surface area contributed by atoms with E-state index in [9.17, 15) is 5.11 Å². The third-order valence-electron chi connectivity index (χ3n) is 3.14. The highest BCUT2D eigenvalue weighted by Gasteiger charge is 2.21. The fourth-order valence-corrected chi connectivity index (χ4v) is 2.16. The van der Waals surface area contributed by atoms with Gasteiger partial charge in [0.2, 0.25) is 0 Å². The molecule has 16 heavy (non-hydrogen) atoms. The summed E-state index contributed by atoms with van der Waals surface area (Å²) in [5, 5.41) is 10.0. The smallest absolute Gasteiger partial charge is 0.0829 e. The molecule has 84 valence electrons. The van der Waals surface area contributed by atoms with Crippen molar-refractivity contribution in [3.8, 4) is 0 Å². The molecule has 0 fully saturated rings. The maximum atomic E-state index is 10.0. The Labute approximate surface area is 97.2 Å². The second kappa shape index (κ2) is 4.67. The summed E-state index contributed by atoms with van der Waals surface area (Å²) < 4.78 is 0. The Hall–Kier alpha value is -1.34. The largest absolute Gasteiger partial charge is 0.388 e. The van der Waals surface area contributed by atoms with Crippen molar-refractivity contribution in [2.45, 2.75) is 25.9 Å². The Balaban J connectivity index is 2.14. The molecular formula is C15H18O. The molecule has 2 aliphatic carbocycles. The van der Waals surface area contributed by atoms with Crippen LogP contribution in [0.3, 0.4) is 0 Å². The minimum Gasteiger partial charge on any atom is -0.388 e. The average Bonchev–Trinajstić information content (AvgIpc) is 2.29. The van der Waals surface area contributed by atoms with Crippen LogP contribution < -0.4 is 0 Å². The molecule has 0 saturated heterocycles. The summed E-state index contributed by atoms with van der Waals surface area (Å²) in [7, 11) is 0. The second-order valence-corrected chi connectivity index (χ2v) is 4.45. The molecule has 2 aliphatic rings. The fraction of sp³-hybridized carbons (Fsp3) is 0.333. The third-order valence-corrected chi connectivity index (χ3v) is 3.14. The summed E-state index contributed by atoms with van der Waals surface area (Å²) in [4.78, 5) is 0. The Morgan fingerprint density at radius 2 is 2.19 bits per heavy atom. The normalized spacial score (nSPS) is 28.6. The van der Waals surface area contributed by atoms with Gasteiger partial charge in [0.25, 0.3) is 0 Å². The van der Waals surface area contributed by atoms with E-state index in [4.69, 9.17) is 0 Å². The van der Waals surface area contributed by atoms with E-state index in [1.165, 1.54) is 5.57 Å². The lowest BCUT2D eigenvalue weighted by Gasteiger charge is -2.24. The highest BCUT2D eigenvalue weighted by Crippen LogP contribution is 2.29. The predicted molar refractivity (Wildman–Crippen MR) is 68.0 cm³/mol. The number of aliphatic hydroxyl groups is 1. The van der Waals surface area contributed by atoms with Gasteiger partial charge in [0.05, 0.1) is 6.10 Å². The first-order valence-electron chi connectivity index (χ1n) is 5.79. The van der Waals surface area contributed by atoms with Crippen molar-refractivity contribution in [3.63, 3.8) is 0 Å². The van der Waals surface area contributed by atoms with Gasteiger partial charge in [-0.15, -0.1) is 0 Å². The lowest BCUT2D eigenvalue weighted by atomic mass is 9.83. The molecule has 0 bridgehead atoms. The molecule has 0 aliphatic heterocycles. The van der Waals surface area contributed by atoms with E-state index in [1.54, 1.807) is 0 Å². The molecule has 1 nitrogen and oxygen atoms in total. The van der Waals surface area contributed by atoms with Crippen molar-refractivity contribution in [1.29, 1.82) is 0 Å². The summed E-state index contributed by atoms with van der Waals surface area (Å²) in [6.07, 6.45) is 14.2. The number of hydrogen-bond donors (Lipinski definition) is 1. The molecule has 0 spiro atoms. The number of allylic oxidation sites excluding steroid dienone is 6. The van der Waals surface area contributed by atoms with Crippen LogP contribution in [-0.2, 0) is 0 Å². The van der Waals surface area contributed by atoms with E-state index < -0.39 is 6.10 Å². The molecule has 2 atom stereocenters. The van der Waals surface area contributed by atoms with Crippen LogP contribution in [0.1, 0.15) is 19.8 Å². The van der Waals surface area contributed by atoms with Gasteiger partial charge in [-0.1, -0.05) is 48.6 Å². The first kappa shape index (κ1) is 11.2. The molecule has 0 saturated carbocycles. The Morgan fingerprint density at radius 3 is 2.81 bits per heavy atom. The monoisotopic (exact) mass is 214 g/mol. The topological polar surface area (TPSA) is 20.2 Å². The van der Waals surface area contributed by atoms with E-state index in [2.05, 4.69) is 30.9 Å². The number of aliphatic hydroxyl groups excluding tert-OH is 1. The van der Waals surface area contributed by atoms with Gasteiger partial charge in [0.15, 0.2) is 0 Å². The van der Waals surface area contributed by atoms with E-state index in [1.807, 2.05) is 19.1 Å².